The van der Waals surface area contributed by atoms with Crippen molar-refractivity contribution in [2.45, 2.75) is 25.3 Å². The molecule has 3 heterocycles. The highest BCUT2D eigenvalue weighted by Crippen LogP contribution is 2.37. The van der Waals surface area contributed by atoms with Gasteiger partial charge in [-0.25, -0.2) is 4.98 Å². The molecule has 4 aromatic rings. The van der Waals surface area contributed by atoms with Gasteiger partial charge in [-0.1, -0.05) is 24.3 Å². The van der Waals surface area contributed by atoms with Crippen LogP contribution in [-0.2, 0) is 6.42 Å². The molecule has 0 unspecified atom stereocenters. The number of nitrogens with zero attached hydrogens (tertiary/aromatic N) is 2. The highest BCUT2D eigenvalue weighted by Gasteiger charge is 2.29. The predicted octanol–water partition coefficient (Wildman–Crippen LogP) is 4.85. The first-order chi connectivity index (χ1) is 17.6. The molecule has 7 nitrogen and oxygen atoms in total. The van der Waals surface area contributed by atoms with Gasteiger partial charge in [-0.05, 0) is 73.4 Å². The number of aromatic nitrogens is 2. The third-order valence-electron chi connectivity index (χ3n) is 6.72. The average Bonchev–Trinajstić information content (AvgIpc) is 3.67. The summed E-state index contributed by atoms with van der Waals surface area (Å²) in [6.07, 6.45) is 2.71. The Balaban J connectivity index is 1.32. The maximum atomic E-state index is 13.7. The zero-order chi connectivity index (χ0) is 24.6. The van der Waals surface area contributed by atoms with Crippen molar-refractivity contribution >= 4 is 17.5 Å². The van der Waals surface area contributed by atoms with Gasteiger partial charge in [0.15, 0.2) is 0 Å². The van der Waals surface area contributed by atoms with E-state index in [0.29, 0.717) is 30.4 Å². The van der Waals surface area contributed by atoms with Crippen LogP contribution in [0.5, 0.6) is 5.75 Å². The van der Waals surface area contributed by atoms with Crippen LogP contribution in [0.15, 0.2) is 72.8 Å². The molecule has 0 saturated heterocycles. The van der Waals surface area contributed by atoms with Crippen LogP contribution in [0.25, 0.3) is 22.5 Å². The van der Waals surface area contributed by atoms with E-state index in [0.717, 1.165) is 52.4 Å². The van der Waals surface area contributed by atoms with E-state index < -0.39 is 0 Å². The molecule has 2 amide bonds. The van der Waals surface area contributed by atoms with Gasteiger partial charge in [0.05, 0.1) is 24.2 Å². The number of para-hydroxylation sites is 1. The molecule has 2 N–H and O–H groups in total. The molecule has 6 rings (SSSR count). The van der Waals surface area contributed by atoms with Crippen molar-refractivity contribution in [2.24, 2.45) is 0 Å². The van der Waals surface area contributed by atoms with Crippen molar-refractivity contribution in [2.75, 3.05) is 18.6 Å². The summed E-state index contributed by atoms with van der Waals surface area (Å²) in [6, 6.07) is 23.1. The molecule has 0 bridgehead atoms. The van der Waals surface area contributed by atoms with E-state index in [1.54, 1.807) is 18.1 Å². The number of hydrogen-bond donors (Lipinski definition) is 2. The van der Waals surface area contributed by atoms with E-state index in [9.17, 15) is 9.59 Å². The summed E-state index contributed by atoms with van der Waals surface area (Å²) in [5, 5.41) is 3.04. The highest BCUT2D eigenvalue weighted by molar-refractivity contribution is 6.08. The highest BCUT2D eigenvalue weighted by atomic mass is 16.5. The number of H-pyrrole nitrogens is 1. The molecule has 0 radical (unpaired) electrons. The fraction of sp³-hybridized carbons (Fsp3) is 0.207. The lowest BCUT2D eigenvalue weighted by atomic mass is 10.1. The van der Waals surface area contributed by atoms with E-state index in [2.05, 4.69) is 10.3 Å². The minimum atomic E-state index is -0.158. The number of carbonyl (C=O) groups is 2. The number of benzene rings is 2. The van der Waals surface area contributed by atoms with Crippen molar-refractivity contribution in [3.05, 3.63) is 89.7 Å². The number of anilines is 1. The lowest BCUT2D eigenvalue weighted by molar-refractivity contribution is 0.0944. The van der Waals surface area contributed by atoms with Crippen LogP contribution in [0, 0.1) is 0 Å². The monoisotopic (exact) mass is 478 g/mol. The average molecular weight is 479 g/mol. The van der Waals surface area contributed by atoms with Crippen LogP contribution in [-0.4, -0.2) is 41.5 Å². The lowest BCUT2D eigenvalue weighted by Gasteiger charge is -2.23. The van der Waals surface area contributed by atoms with Crippen molar-refractivity contribution in [1.82, 2.24) is 15.3 Å². The zero-order valence-electron chi connectivity index (χ0n) is 20.0. The summed E-state index contributed by atoms with van der Waals surface area (Å²) in [5.41, 5.74) is 6.20. The number of amides is 2. The largest absolute Gasteiger partial charge is 0.497 e. The Labute approximate surface area is 209 Å². The number of rotatable bonds is 5. The molecule has 180 valence electrons. The van der Waals surface area contributed by atoms with Gasteiger partial charge in [-0.2, -0.15) is 0 Å². The second-order valence-electron chi connectivity index (χ2n) is 9.19. The van der Waals surface area contributed by atoms with Crippen molar-refractivity contribution in [3.8, 4) is 28.3 Å². The first-order valence-electron chi connectivity index (χ1n) is 12.2. The van der Waals surface area contributed by atoms with Gasteiger partial charge in [0.2, 0.25) is 0 Å². The summed E-state index contributed by atoms with van der Waals surface area (Å²) in [4.78, 5) is 36.2. The molecule has 36 heavy (non-hydrogen) atoms. The number of aromatic amines is 1. The number of fused-ring (bicyclic) bond motifs is 3. The normalized spacial score (nSPS) is 14.4. The summed E-state index contributed by atoms with van der Waals surface area (Å²) in [7, 11) is 1.63. The summed E-state index contributed by atoms with van der Waals surface area (Å²) in [6.45, 7) is 0.485. The summed E-state index contributed by atoms with van der Waals surface area (Å²) >= 11 is 0. The summed E-state index contributed by atoms with van der Waals surface area (Å²) < 4.78 is 5.25. The Morgan fingerprint density at radius 2 is 1.83 bits per heavy atom. The maximum absolute atomic E-state index is 13.7. The summed E-state index contributed by atoms with van der Waals surface area (Å²) in [5.74, 6) is 0.536. The number of pyridine rings is 1. The van der Waals surface area contributed by atoms with E-state index >= 15 is 0 Å². The molecule has 1 fully saturated rings. The first-order valence-corrected chi connectivity index (χ1v) is 12.2. The van der Waals surface area contributed by atoms with Crippen molar-refractivity contribution in [1.29, 1.82) is 0 Å². The van der Waals surface area contributed by atoms with Gasteiger partial charge in [-0.3, -0.25) is 9.59 Å². The molecular weight excluding hydrogens is 452 g/mol. The topological polar surface area (TPSA) is 87.3 Å². The Hall–Kier alpha value is -4.39. The number of hydrogen-bond acceptors (Lipinski definition) is 4. The fourth-order valence-electron chi connectivity index (χ4n) is 4.65. The van der Waals surface area contributed by atoms with Crippen LogP contribution < -0.4 is 15.0 Å². The van der Waals surface area contributed by atoms with E-state index in [4.69, 9.17) is 9.72 Å². The Morgan fingerprint density at radius 1 is 1.03 bits per heavy atom. The smallest absolute Gasteiger partial charge is 0.276 e. The number of ether oxygens (including phenoxy) is 1. The quantitative estimate of drug-likeness (QED) is 0.429. The molecule has 0 spiro atoms. The standard InChI is InChI=1S/C29H26N4O3/c1-36-21-13-9-18(10-14-21)23-6-4-7-24(31-23)29(35)33-16-15-19-17-25(28(34)30-20-11-12-20)32-27(19)22-5-2-3-8-26(22)33/h2-10,13-14,17,20,32H,11-12,15-16H2,1H3,(H,30,34). The minimum Gasteiger partial charge on any atom is -0.497 e. The van der Waals surface area contributed by atoms with Crippen molar-refractivity contribution in [3.63, 3.8) is 0 Å². The van der Waals surface area contributed by atoms with Gasteiger partial charge >= 0.3 is 0 Å². The van der Waals surface area contributed by atoms with Crippen LogP contribution in [0.4, 0.5) is 5.69 Å². The molecule has 0 atom stereocenters. The maximum Gasteiger partial charge on any atom is 0.276 e. The fourth-order valence-corrected chi connectivity index (χ4v) is 4.65. The number of carbonyl (C=O) groups excluding carboxylic acids is 2. The molecule has 2 aromatic heterocycles. The SMILES string of the molecule is COc1ccc(-c2cccc(C(=O)N3CCc4cc(C(=O)NC5CC5)[nH]c4-c4ccccc43)n2)cc1. The molecule has 2 aliphatic rings. The minimum absolute atomic E-state index is 0.0736. The van der Waals surface area contributed by atoms with E-state index in [1.807, 2.05) is 66.7 Å². The van der Waals surface area contributed by atoms with Gasteiger partial charge in [-0.15, -0.1) is 0 Å². The van der Waals surface area contributed by atoms with Crippen LogP contribution in [0.1, 0.15) is 39.4 Å². The number of methoxy groups -OCH3 is 1. The van der Waals surface area contributed by atoms with Gasteiger partial charge in [0, 0.05) is 23.7 Å². The zero-order valence-corrected chi connectivity index (χ0v) is 20.0. The Kier molecular flexibility index (Phi) is 5.52. The molecule has 1 saturated carbocycles. The number of nitrogens with one attached hydrogen (secondary N) is 2. The second kappa shape index (κ2) is 9.00. The molecule has 1 aliphatic carbocycles. The van der Waals surface area contributed by atoms with Crippen LogP contribution in [0.3, 0.4) is 0 Å². The van der Waals surface area contributed by atoms with Crippen molar-refractivity contribution < 1.29 is 14.3 Å². The van der Waals surface area contributed by atoms with Crippen LogP contribution in [0.2, 0.25) is 0 Å². The third kappa shape index (κ3) is 4.13. The van der Waals surface area contributed by atoms with Gasteiger partial charge in [0.25, 0.3) is 11.8 Å². The first kappa shape index (κ1) is 22.1. The lowest BCUT2D eigenvalue weighted by Crippen LogP contribution is -2.33. The van der Waals surface area contributed by atoms with Gasteiger partial charge in [0.1, 0.15) is 17.1 Å². The van der Waals surface area contributed by atoms with E-state index in [-0.39, 0.29) is 11.8 Å². The van der Waals surface area contributed by atoms with E-state index in [1.165, 1.54) is 0 Å². The Bertz CT molecular complexity index is 1450. The van der Waals surface area contributed by atoms with Gasteiger partial charge < -0.3 is 19.9 Å². The predicted molar refractivity (Wildman–Crippen MR) is 138 cm³/mol. The van der Waals surface area contributed by atoms with Crippen LogP contribution >= 0.6 is 0 Å². The second-order valence-corrected chi connectivity index (χ2v) is 9.19. The molecular formula is C29H26N4O3. The molecule has 2 aromatic carbocycles. The molecule has 1 aliphatic heterocycles. The third-order valence-corrected chi connectivity index (χ3v) is 6.72. The Morgan fingerprint density at radius 3 is 2.61 bits per heavy atom. The molecule has 7 heteroatoms.